The Balaban J connectivity index is 2.35. The van der Waals surface area contributed by atoms with Crippen molar-refractivity contribution < 1.29 is 14.3 Å². The second-order valence-electron chi connectivity index (χ2n) is 6.93. The van der Waals surface area contributed by atoms with E-state index >= 15 is 0 Å². The van der Waals surface area contributed by atoms with E-state index in [0.717, 1.165) is 22.1 Å². The topological polar surface area (TPSA) is 65.6 Å². The highest BCUT2D eigenvalue weighted by Crippen LogP contribution is 2.24. The summed E-state index contributed by atoms with van der Waals surface area (Å²) in [5, 5.41) is 12.9. The molecular weight excluding hydrogens is 326 g/mol. The van der Waals surface area contributed by atoms with Gasteiger partial charge in [0.2, 0.25) is 0 Å². The van der Waals surface area contributed by atoms with Crippen LogP contribution in [-0.2, 0) is 4.79 Å². The van der Waals surface area contributed by atoms with E-state index in [1.807, 2.05) is 76.2 Å². The number of hydrogen-bond donors (Lipinski definition) is 0. The lowest BCUT2D eigenvalue weighted by Gasteiger charge is -2.17. The predicted molar refractivity (Wildman–Crippen MR) is 100 cm³/mol. The summed E-state index contributed by atoms with van der Waals surface area (Å²) in [7, 11) is 0. The third-order valence-corrected chi connectivity index (χ3v) is 4.57. The molecule has 26 heavy (non-hydrogen) atoms. The van der Waals surface area contributed by atoms with Crippen molar-refractivity contribution in [3.63, 3.8) is 0 Å². The van der Waals surface area contributed by atoms with Gasteiger partial charge in [0, 0.05) is 17.0 Å². The molecule has 4 heteroatoms. The van der Waals surface area contributed by atoms with Gasteiger partial charge in [0.15, 0.2) is 0 Å². The monoisotopic (exact) mass is 348 g/mol. The highest BCUT2D eigenvalue weighted by atomic mass is 16.4. The molecule has 0 saturated carbocycles. The Labute approximate surface area is 152 Å². The number of hydrogen-bond acceptors (Lipinski definition) is 4. The molecule has 0 saturated heterocycles. The van der Waals surface area contributed by atoms with Gasteiger partial charge in [0.05, 0.1) is 17.4 Å². The van der Waals surface area contributed by atoms with Gasteiger partial charge in [-0.3, -0.25) is 4.99 Å². The predicted octanol–water partition coefficient (Wildman–Crippen LogP) is 3.39. The zero-order valence-corrected chi connectivity index (χ0v) is 15.4. The summed E-state index contributed by atoms with van der Waals surface area (Å²) in [6, 6.07) is 14.6. The molecule has 0 radical (unpaired) electrons. The Hall–Kier alpha value is -2.88. The Morgan fingerprint density at radius 2 is 1.69 bits per heavy atom. The van der Waals surface area contributed by atoms with Gasteiger partial charge in [-0.1, -0.05) is 44.2 Å². The van der Waals surface area contributed by atoms with Crippen molar-refractivity contribution in [3.05, 3.63) is 65.0 Å². The van der Waals surface area contributed by atoms with Gasteiger partial charge in [0.25, 0.3) is 0 Å². The first-order valence-electron chi connectivity index (χ1n) is 8.72. The molecule has 1 atom stereocenters. The fraction of sp³-hybridized carbons (Fsp3) is 0.273. The molecule has 1 heterocycles. The van der Waals surface area contributed by atoms with Gasteiger partial charge < -0.3 is 14.3 Å². The molecule has 1 unspecified atom stereocenters. The molecule has 0 aliphatic rings. The van der Waals surface area contributed by atoms with Gasteiger partial charge in [0.1, 0.15) is 11.3 Å². The van der Waals surface area contributed by atoms with Gasteiger partial charge >= 0.3 is 0 Å². The molecule has 0 aliphatic carbocycles. The quantitative estimate of drug-likeness (QED) is 0.726. The molecule has 0 amide bonds. The maximum atomic E-state index is 11.5. The van der Waals surface area contributed by atoms with Crippen molar-refractivity contribution in [2.75, 3.05) is 0 Å². The smallest absolute Gasteiger partial charge is 0.137 e. The Bertz CT molecular complexity index is 1020. The van der Waals surface area contributed by atoms with E-state index in [0.29, 0.717) is 16.7 Å². The first kappa shape index (κ1) is 17.9. The second kappa shape index (κ2) is 7.16. The maximum absolute atomic E-state index is 11.5. The molecule has 0 aliphatic heterocycles. The lowest BCUT2D eigenvalue weighted by atomic mass is 10.0. The lowest BCUT2D eigenvalue weighted by molar-refractivity contribution is -0.308. The van der Waals surface area contributed by atoms with E-state index in [1.54, 1.807) is 0 Å². The molecule has 0 bridgehead atoms. The molecule has 0 spiro atoms. The van der Waals surface area contributed by atoms with Gasteiger partial charge in [-0.05, 0) is 43.0 Å². The van der Waals surface area contributed by atoms with Crippen LogP contribution in [0.3, 0.4) is 0 Å². The van der Waals surface area contributed by atoms with Crippen LogP contribution in [0.4, 0.5) is 0 Å². The molecular formula is C22H22NO3-. The zero-order valence-electron chi connectivity index (χ0n) is 15.4. The number of benzene rings is 2. The summed E-state index contributed by atoms with van der Waals surface area (Å²) < 4.78 is 6.10. The van der Waals surface area contributed by atoms with Crippen LogP contribution in [0.15, 0.2) is 57.9 Å². The number of carbonyl (C=O) groups is 1. The summed E-state index contributed by atoms with van der Waals surface area (Å²) in [5.74, 6) is -0.682. The average molecular weight is 348 g/mol. The highest BCUT2D eigenvalue weighted by Gasteiger charge is 2.14. The minimum Gasteiger partial charge on any atom is -0.548 e. The summed E-state index contributed by atoms with van der Waals surface area (Å²) >= 11 is 0. The van der Waals surface area contributed by atoms with Gasteiger partial charge in [-0.25, -0.2) is 0 Å². The van der Waals surface area contributed by atoms with E-state index in [1.165, 1.54) is 0 Å². The molecule has 3 aromatic rings. The summed E-state index contributed by atoms with van der Waals surface area (Å²) in [6.45, 7) is 7.69. The van der Waals surface area contributed by atoms with Crippen LogP contribution in [0, 0.1) is 19.8 Å². The van der Waals surface area contributed by atoms with Crippen molar-refractivity contribution >= 4 is 16.9 Å². The number of fused-ring (bicyclic) bond motifs is 1. The number of aryl methyl sites for hydroxylation is 2. The molecule has 2 aromatic carbocycles. The highest BCUT2D eigenvalue weighted by molar-refractivity contribution is 5.80. The van der Waals surface area contributed by atoms with Crippen LogP contribution in [0.5, 0.6) is 0 Å². The summed E-state index contributed by atoms with van der Waals surface area (Å²) in [5.41, 5.74) is 3.82. The largest absolute Gasteiger partial charge is 0.548 e. The van der Waals surface area contributed by atoms with Crippen LogP contribution >= 0.6 is 0 Å². The number of aliphatic carboxylic acids is 1. The van der Waals surface area contributed by atoms with E-state index in [-0.39, 0.29) is 5.92 Å². The molecule has 4 nitrogen and oxygen atoms in total. The number of carboxylic acid groups (broad SMARTS) is 1. The van der Waals surface area contributed by atoms with Crippen LogP contribution < -0.4 is 10.5 Å². The summed E-state index contributed by atoms with van der Waals surface area (Å²) in [6.07, 6.45) is 0. The van der Waals surface area contributed by atoms with Crippen LogP contribution in [0.25, 0.3) is 22.3 Å². The van der Waals surface area contributed by atoms with Crippen LogP contribution in [0.2, 0.25) is 0 Å². The number of rotatable bonds is 4. The molecule has 0 fully saturated rings. The second-order valence-corrected chi connectivity index (χ2v) is 6.93. The van der Waals surface area contributed by atoms with Crippen LogP contribution in [0.1, 0.15) is 25.0 Å². The number of carbonyl (C=O) groups excluding carboxylic acids is 1. The molecule has 3 rings (SSSR count). The molecule has 134 valence electrons. The number of carboxylic acids is 1. The van der Waals surface area contributed by atoms with Crippen LogP contribution in [-0.4, -0.2) is 12.0 Å². The molecule has 1 aromatic heterocycles. The third kappa shape index (κ3) is 3.54. The molecule has 0 N–H and O–H groups in total. The van der Waals surface area contributed by atoms with E-state index < -0.39 is 12.0 Å². The van der Waals surface area contributed by atoms with Crippen molar-refractivity contribution in [3.8, 4) is 11.3 Å². The van der Waals surface area contributed by atoms with Crippen molar-refractivity contribution in [1.82, 2.24) is 0 Å². The standard InChI is InChI=1S/C22H23NO3/c1-13(2)21(22(24)25)23-18-12-19(16-8-6-5-7-9-16)26-20-11-15(4)14(3)10-17(18)20/h5-13,21H,1-4H3,(H,24,25)/p-1. The van der Waals surface area contributed by atoms with E-state index in [2.05, 4.69) is 4.99 Å². The SMILES string of the molecule is Cc1cc2oc(-c3ccccc3)cc(=NC(C(=O)[O-])C(C)C)c2cc1C. The number of nitrogens with zero attached hydrogens (tertiary/aromatic N) is 1. The Morgan fingerprint density at radius 1 is 1.04 bits per heavy atom. The van der Waals surface area contributed by atoms with Crippen molar-refractivity contribution in [2.24, 2.45) is 10.9 Å². The van der Waals surface area contributed by atoms with E-state index in [9.17, 15) is 9.90 Å². The fourth-order valence-corrected chi connectivity index (χ4v) is 2.90. The summed E-state index contributed by atoms with van der Waals surface area (Å²) in [4.78, 5) is 16.0. The minimum absolute atomic E-state index is 0.168. The third-order valence-electron chi connectivity index (χ3n) is 4.57. The van der Waals surface area contributed by atoms with Crippen molar-refractivity contribution in [2.45, 2.75) is 33.7 Å². The zero-order chi connectivity index (χ0) is 18.8. The van der Waals surface area contributed by atoms with E-state index in [4.69, 9.17) is 4.42 Å². The van der Waals surface area contributed by atoms with Crippen molar-refractivity contribution in [1.29, 1.82) is 0 Å². The van der Waals surface area contributed by atoms with Gasteiger partial charge in [-0.2, -0.15) is 0 Å². The lowest BCUT2D eigenvalue weighted by Crippen LogP contribution is -2.39. The maximum Gasteiger partial charge on any atom is 0.137 e. The Morgan fingerprint density at radius 3 is 2.31 bits per heavy atom. The fourth-order valence-electron chi connectivity index (χ4n) is 2.90. The normalized spacial score (nSPS) is 13.3. The first-order chi connectivity index (χ1) is 12.4. The Kier molecular flexibility index (Phi) is 4.94. The first-order valence-corrected chi connectivity index (χ1v) is 8.72. The average Bonchev–Trinajstić information content (AvgIpc) is 2.60. The van der Waals surface area contributed by atoms with Gasteiger partial charge in [-0.15, -0.1) is 0 Å². The minimum atomic E-state index is -1.17.